The fourth-order valence-corrected chi connectivity index (χ4v) is 3.29. The number of imidazole rings is 1. The topological polar surface area (TPSA) is 67.1 Å². The molecule has 0 atom stereocenters. The second-order valence-corrected chi connectivity index (χ2v) is 6.95. The van der Waals surface area contributed by atoms with Gasteiger partial charge in [0.1, 0.15) is 18.0 Å². The van der Waals surface area contributed by atoms with Crippen molar-refractivity contribution in [3.05, 3.63) is 102 Å². The van der Waals surface area contributed by atoms with E-state index in [1.807, 2.05) is 71.4 Å². The lowest BCUT2D eigenvalue weighted by atomic mass is 10.1. The third-order valence-corrected chi connectivity index (χ3v) is 4.75. The maximum Gasteiger partial charge on any atom is 0.254 e. The van der Waals surface area contributed by atoms with Gasteiger partial charge < -0.3 is 19.1 Å². The molecule has 1 amide bonds. The summed E-state index contributed by atoms with van der Waals surface area (Å²) in [5, 5.41) is 9.41. The van der Waals surface area contributed by atoms with Crippen molar-refractivity contribution in [3.63, 3.8) is 0 Å². The van der Waals surface area contributed by atoms with Gasteiger partial charge in [-0.3, -0.25) is 4.79 Å². The minimum Gasteiger partial charge on any atom is -0.487 e. The molecule has 2 aromatic heterocycles. The number of hydrogen-bond acceptors (Lipinski definition) is 4. The normalized spacial score (nSPS) is 10.8. The van der Waals surface area contributed by atoms with Gasteiger partial charge in [0.2, 0.25) is 0 Å². The molecule has 0 spiro atoms. The molecule has 6 heteroatoms. The summed E-state index contributed by atoms with van der Waals surface area (Å²) >= 11 is 0. The van der Waals surface area contributed by atoms with Crippen LogP contribution in [0.2, 0.25) is 0 Å². The van der Waals surface area contributed by atoms with Gasteiger partial charge in [-0.05, 0) is 35.9 Å². The molecule has 0 aliphatic heterocycles. The Morgan fingerprint density at radius 3 is 2.67 bits per heavy atom. The Balaban J connectivity index is 1.46. The lowest BCUT2D eigenvalue weighted by Crippen LogP contribution is -2.33. The van der Waals surface area contributed by atoms with Crippen molar-refractivity contribution >= 4 is 11.6 Å². The van der Waals surface area contributed by atoms with Gasteiger partial charge in [0, 0.05) is 31.0 Å². The standard InChI is InChI=1S/C24H23N3O3/c28-14-13-27(16-19-7-2-1-3-8-19)24(29)20-9-6-10-22(15-20)30-18-21-17-26-12-5-4-11-23(26)25-21/h1-12,15,17,28H,13-14,16,18H2. The molecule has 0 aliphatic rings. The molecule has 4 aromatic rings. The van der Waals surface area contributed by atoms with E-state index < -0.39 is 0 Å². The van der Waals surface area contributed by atoms with Crippen molar-refractivity contribution in [2.75, 3.05) is 13.2 Å². The second-order valence-electron chi connectivity index (χ2n) is 6.95. The molecule has 2 aromatic carbocycles. The van der Waals surface area contributed by atoms with Gasteiger partial charge in [0.15, 0.2) is 0 Å². The highest BCUT2D eigenvalue weighted by molar-refractivity contribution is 5.94. The number of aromatic nitrogens is 2. The largest absolute Gasteiger partial charge is 0.487 e. The van der Waals surface area contributed by atoms with Crippen LogP contribution in [0.15, 0.2) is 85.2 Å². The SMILES string of the molecule is O=C(c1cccc(OCc2cn3ccccc3n2)c1)N(CCO)Cc1ccccc1. The van der Waals surface area contributed by atoms with Crippen LogP contribution in [0.25, 0.3) is 5.65 Å². The first-order chi connectivity index (χ1) is 14.7. The third kappa shape index (κ3) is 4.67. The smallest absolute Gasteiger partial charge is 0.254 e. The number of aliphatic hydroxyl groups is 1. The van der Waals surface area contributed by atoms with Gasteiger partial charge in [0.25, 0.3) is 5.91 Å². The summed E-state index contributed by atoms with van der Waals surface area (Å²) < 4.78 is 7.81. The number of aliphatic hydroxyl groups excluding tert-OH is 1. The first-order valence-corrected chi connectivity index (χ1v) is 9.82. The fraction of sp³-hybridized carbons (Fsp3) is 0.167. The zero-order valence-corrected chi connectivity index (χ0v) is 16.5. The Hall–Kier alpha value is -3.64. The maximum absolute atomic E-state index is 13.0. The molecule has 0 aliphatic carbocycles. The van der Waals surface area contributed by atoms with Crippen molar-refractivity contribution in [2.45, 2.75) is 13.2 Å². The number of ether oxygens (including phenoxy) is 1. The van der Waals surface area contributed by atoms with E-state index in [9.17, 15) is 9.90 Å². The maximum atomic E-state index is 13.0. The number of fused-ring (bicyclic) bond motifs is 1. The van der Waals surface area contributed by atoms with Crippen LogP contribution < -0.4 is 4.74 Å². The van der Waals surface area contributed by atoms with E-state index in [1.165, 1.54) is 0 Å². The molecule has 0 saturated carbocycles. The average Bonchev–Trinajstić information content (AvgIpc) is 3.21. The highest BCUT2D eigenvalue weighted by Crippen LogP contribution is 2.18. The van der Waals surface area contributed by atoms with E-state index in [2.05, 4.69) is 4.98 Å². The lowest BCUT2D eigenvalue weighted by molar-refractivity contribution is 0.0707. The Morgan fingerprint density at radius 1 is 1.03 bits per heavy atom. The number of amides is 1. The Kier molecular flexibility index (Phi) is 6.06. The molecule has 30 heavy (non-hydrogen) atoms. The van der Waals surface area contributed by atoms with Crippen LogP contribution >= 0.6 is 0 Å². The molecular formula is C24H23N3O3. The molecule has 0 radical (unpaired) electrons. The molecule has 2 heterocycles. The number of carbonyl (C=O) groups excluding carboxylic acids is 1. The highest BCUT2D eigenvalue weighted by atomic mass is 16.5. The lowest BCUT2D eigenvalue weighted by Gasteiger charge is -2.22. The van der Waals surface area contributed by atoms with Gasteiger partial charge in [0.05, 0.1) is 12.3 Å². The Bertz CT molecular complexity index is 1090. The zero-order chi connectivity index (χ0) is 20.8. The molecule has 0 bridgehead atoms. The molecule has 152 valence electrons. The molecule has 0 saturated heterocycles. The third-order valence-electron chi connectivity index (χ3n) is 4.75. The quantitative estimate of drug-likeness (QED) is 0.490. The van der Waals surface area contributed by atoms with Gasteiger partial charge in [-0.15, -0.1) is 0 Å². The second kappa shape index (κ2) is 9.24. The van der Waals surface area contributed by atoms with Crippen molar-refractivity contribution in [3.8, 4) is 5.75 Å². The molecular weight excluding hydrogens is 378 g/mol. The monoisotopic (exact) mass is 401 g/mol. The van der Waals surface area contributed by atoms with E-state index in [-0.39, 0.29) is 19.1 Å². The number of rotatable bonds is 8. The average molecular weight is 401 g/mol. The van der Waals surface area contributed by atoms with E-state index in [4.69, 9.17) is 4.74 Å². The van der Waals surface area contributed by atoms with Gasteiger partial charge in [-0.1, -0.05) is 42.5 Å². The molecule has 1 N–H and O–H groups in total. The van der Waals surface area contributed by atoms with Crippen LogP contribution in [0.5, 0.6) is 5.75 Å². The van der Waals surface area contributed by atoms with Crippen LogP contribution in [-0.4, -0.2) is 38.4 Å². The van der Waals surface area contributed by atoms with Crippen molar-refractivity contribution in [1.82, 2.24) is 14.3 Å². The van der Waals surface area contributed by atoms with Gasteiger partial charge >= 0.3 is 0 Å². The Labute approximate surface area is 175 Å². The number of nitrogens with zero attached hydrogens (tertiary/aromatic N) is 3. The van der Waals surface area contributed by atoms with Gasteiger partial charge in [-0.25, -0.2) is 4.98 Å². The predicted octanol–water partition coefficient (Wildman–Crippen LogP) is 3.55. The molecule has 6 nitrogen and oxygen atoms in total. The summed E-state index contributed by atoms with van der Waals surface area (Å²) in [5.74, 6) is 0.452. The first kappa shape index (κ1) is 19.7. The summed E-state index contributed by atoms with van der Waals surface area (Å²) in [6.07, 6.45) is 3.86. The van der Waals surface area contributed by atoms with Crippen molar-refractivity contribution < 1.29 is 14.6 Å². The van der Waals surface area contributed by atoms with Crippen LogP contribution in [0, 0.1) is 0 Å². The summed E-state index contributed by atoms with van der Waals surface area (Å²) in [6.45, 7) is 0.916. The van der Waals surface area contributed by atoms with E-state index in [0.29, 0.717) is 24.5 Å². The van der Waals surface area contributed by atoms with E-state index in [0.717, 1.165) is 16.9 Å². The number of hydrogen-bond donors (Lipinski definition) is 1. The van der Waals surface area contributed by atoms with Gasteiger partial charge in [-0.2, -0.15) is 0 Å². The minimum absolute atomic E-state index is 0.0946. The molecule has 0 unspecified atom stereocenters. The number of carbonyl (C=O) groups is 1. The first-order valence-electron chi connectivity index (χ1n) is 9.82. The highest BCUT2D eigenvalue weighted by Gasteiger charge is 2.16. The number of pyridine rings is 1. The summed E-state index contributed by atoms with van der Waals surface area (Å²) in [5.41, 5.74) is 3.20. The summed E-state index contributed by atoms with van der Waals surface area (Å²) in [4.78, 5) is 19.2. The summed E-state index contributed by atoms with van der Waals surface area (Å²) in [6, 6.07) is 22.7. The zero-order valence-electron chi connectivity index (χ0n) is 16.5. The van der Waals surface area contributed by atoms with Crippen LogP contribution in [0.1, 0.15) is 21.6 Å². The van der Waals surface area contributed by atoms with Crippen LogP contribution in [0.4, 0.5) is 0 Å². The number of benzene rings is 2. The van der Waals surface area contributed by atoms with Crippen molar-refractivity contribution in [2.24, 2.45) is 0 Å². The summed E-state index contributed by atoms with van der Waals surface area (Å²) in [7, 11) is 0. The predicted molar refractivity (Wildman–Crippen MR) is 114 cm³/mol. The molecule has 0 fully saturated rings. The van der Waals surface area contributed by atoms with Crippen LogP contribution in [-0.2, 0) is 13.2 Å². The fourth-order valence-electron chi connectivity index (χ4n) is 3.29. The van der Waals surface area contributed by atoms with Crippen LogP contribution in [0.3, 0.4) is 0 Å². The van der Waals surface area contributed by atoms with E-state index >= 15 is 0 Å². The Morgan fingerprint density at radius 2 is 1.87 bits per heavy atom. The molecule has 4 rings (SSSR count). The van der Waals surface area contributed by atoms with E-state index in [1.54, 1.807) is 23.1 Å². The van der Waals surface area contributed by atoms with Crippen molar-refractivity contribution in [1.29, 1.82) is 0 Å². The minimum atomic E-state index is -0.147.